The average molecular weight is 255 g/mol. The topological polar surface area (TPSA) is 21.3 Å². The van der Waals surface area contributed by atoms with E-state index in [2.05, 4.69) is 35.6 Å². The molecule has 0 saturated heterocycles. The highest BCUT2D eigenvalue weighted by molar-refractivity contribution is 5.56. The molecule has 0 radical (unpaired) electrons. The molecule has 0 aliphatic carbocycles. The third-order valence-corrected chi connectivity index (χ3v) is 2.82. The van der Waals surface area contributed by atoms with Crippen molar-refractivity contribution in [2.75, 3.05) is 11.9 Å². The average Bonchev–Trinajstić information content (AvgIpc) is 2.41. The summed E-state index contributed by atoms with van der Waals surface area (Å²) in [6.45, 7) is 4.99. The van der Waals surface area contributed by atoms with Crippen LogP contribution >= 0.6 is 0 Å². The Kier molecular flexibility index (Phi) is 4.85. The van der Waals surface area contributed by atoms with E-state index in [1.807, 2.05) is 38.1 Å². The summed E-state index contributed by atoms with van der Waals surface area (Å²) in [5.74, 6) is 0.922. The van der Waals surface area contributed by atoms with Gasteiger partial charge in [-0.05, 0) is 38.0 Å². The van der Waals surface area contributed by atoms with Gasteiger partial charge in [0.15, 0.2) is 0 Å². The molecule has 0 aromatic heterocycles. The summed E-state index contributed by atoms with van der Waals surface area (Å²) in [6, 6.07) is 18.6. The van der Waals surface area contributed by atoms with Crippen molar-refractivity contribution < 1.29 is 4.74 Å². The molecule has 0 saturated carbocycles. The minimum atomic E-state index is 0.192. The van der Waals surface area contributed by atoms with Crippen LogP contribution in [-0.2, 0) is 6.42 Å². The maximum absolute atomic E-state index is 5.79. The van der Waals surface area contributed by atoms with Crippen LogP contribution in [0.3, 0.4) is 0 Å². The highest BCUT2D eigenvalue weighted by atomic mass is 16.5. The van der Waals surface area contributed by atoms with Gasteiger partial charge in [-0.3, -0.25) is 0 Å². The van der Waals surface area contributed by atoms with E-state index >= 15 is 0 Å². The first-order valence-corrected chi connectivity index (χ1v) is 6.79. The third kappa shape index (κ3) is 4.32. The Hall–Kier alpha value is -1.96. The number of hydrogen-bond acceptors (Lipinski definition) is 2. The minimum absolute atomic E-state index is 0.192. The normalized spacial score (nSPS) is 10.5. The molecular weight excluding hydrogens is 234 g/mol. The fourth-order valence-electron chi connectivity index (χ4n) is 1.96. The molecule has 0 aliphatic rings. The van der Waals surface area contributed by atoms with Crippen molar-refractivity contribution in [3.63, 3.8) is 0 Å². The van der Waals surface area contributed by atoms with Gasteiger partial charge in [0.2, 0.25) is 0 Å². The Bertz CT molecular complexity index is 494. The zero-order valence-corrected chi connectivity index (χ0v) is 11.6. The zero-order chi connectivity index (χ0) is 13.5. The Morgan fingerprint density at radius 2 is 1.63 bits per heavy atom. The predicted molar refractivity (Wildman–Crippen MR) is 80.8 cm³/mol. The summed E-state index contributed by atoms with van der Waals surface area (Å²) in [7, 11) is 0. The number of nitrogens with one attached hydrogen (secondary N) is 1. The van der Waals surface area contributed by atoms with Gasteiger partial charge in [0.1, 0.15) is 5.75 Å². The van der Waals surface area contributed by atoms with Gasteiger partial charge in [0, 0.05) is 6.54 Å². The van der Waals surface area contributed by atoms with Gasteiger partial charge in [-0.15, -0.1) is 0 Å². The number of ether oxygens (including phenoxy) is 1. The lowest BCUT2D eigenvalue weighted by molar-refractivity contribution is 0.243. The highest BCUT2D eigenvalue weighted by Crippen LogP contribution is 2.24. The first-order chi connectivity index (χ1) is 9.25. The lowest BCUT2D eigenvalue weighted by atomic mass is 10.1. The molecular formula is C17H21NO. The second kappa shape index (κ2) is 6.83. The molecule has 0 fully saturated rings. The van der Waals surface area contributed by atoms with Crippen LogP contribution in [0.5, 0.6) is 5.75 Å². The molecule has 2 heteroatoms. The van der Waals surface area contributed by atoms with Crippen molar-refractivity contribution in [1.29, 1.82) is 0 Å². The lowest BCUT2D eigenvalue weighted by Gasteiger charge is -2.15. The quantitative estimate of drug-likeness (QED) is 0.838. The molecule has 2 aromatic carbocycles. The van der Waals surface area contributed by atoms with E-state index in [1.165, 1.54) is 5.56 Å². The van der Waals surface area contributed by atoms with Gasteiger partial charge >= 0.3 is 0 Å². The van der Waals surface area contributed by atoms with Gasteiger partial charge in [-0.2, -0.15) is 0 Å². The van der Waals surface area contributed by atoms with Crippen molar-refractivity contribution >= 4 is 5.69 Å². The molecule has 100 valence electrons. The van der Waals surface area contributed by atoms with E-state index in [0.717, 1.165) is 24.4 Å². The molecule has 2 aromatic rings. The molecule has 0 unspecified atom stereocenters. The van der Waals surface area contributed by atoms with Gasteiger partial charge in [-0.25, -0.2) is 0 Å². The van der Waals surface area contributed by atoms with Crippen LogP contribution in [0.2, 0.25) is 0 Å². The second-order valence-electron chi connectivity index (χ2n) is 4.83. The Balaban J connectivity index is 1.92. The van der Waals surface area contributed by atoms with Crippen molar-refractivity contribution in [1.82, 2.24) is 0 Å². The third-order valence-electron chi connectivity index (χ3n) is 2.82. The molecule has 0 spiro atoms. The first-order valence-electron chi connectivity index (χ1n) is 6.79. The maximum Gasteiger partial charge on any atom is 0.142 e. The standard InChI is InChI=1S/C17H21NO/c1-14(2)19-17-11-7-6-10-16(17)18-13-12-15-8-4-3-5-9-15/h3-11,14,18H,12-13H2,1-2H3. The Morgan fingerprint density at radius 3 is 2.37 bits per heavy atom. The van der Waals surface area contributed by atoms with E-state index in [4.69, 9.17) is 4.74 Å². The number of anilines is 1. The van der Waals surface area contributed by atoms with Gasteiger partial charge in [-0.1, -0.05) is 42.5 Å². The second-order valence-corrected chi connectivity index (χ2v) is 4.83. The van der Waals surface area contributed by atoms with Crippen LogP contribution < -0.4 is 10.1 Å². The number of para-hydroxylation sites is 2. The van der Waals surface area contributed by atoms with Crippen LogP contribution in [0.25, 0.3) is 0 Å². The number of benzene rings is 2. The molecule has 0 amide bonds. The zero-order valence-electron chi connectivity index (χ0n) is 11.6. The predicted octanol–water partition coefficient (Wildman–Crippen LogP) is 4.13. The SMILES string of the molecule is CC(C)Oc1ccccc1NCCc1ccccc1. The van der Waals surface area contributed by atoms with E-state index < -0.39 is 0 Å². The highest BCUT2D eigenvalue weighted by Gasteiger charge is 2.04. The summed E-state index contributed by atoms with van der Waals surface area (Å²) < 4.78 is 5.79. The van der Waals surface area contributed by atoms with Crippen molar-refractivity contribution in [3.05, 3.63) is 60.2 Å². The smallest absolute Gasteiger partial charge is 0.142 e. The summed E-state index contributed by atoms with van der Waals surface area (Å²) in [5.41, 5.74) is 2.41. The van der Waals surface area contributed by atoms with Crippen molar-refractivity contribution in [2.45, 2.75) is 26.4 Å². The van der Waals surface area contributed by atoms with E-state index in [9.17, 15) is 0 Å². The van der Waals surface area contributed by atoms with Crippen LogP contribution in [0, 0.1) is 0 Å². The molecule has 1 N–H and O–H groups in total. The van der Waals surface area contributed by atoms with Crippen LogP contribution in [-0.4, -0.2) is 12.6 Å². The number of rotatable bonds is 6. The first kappa shape index (κ1) is 13.5. The molecule has 0 aliphatic heterocycles. The summed E-state index contributed by atoms with van der Waals surface area (Å²) in [5, 5.41) is 3.44. The summed E-state index contributed by atoms with van der Waals surface area (Å²) >= 11 is 0. The van der Waals surface area contributed by atoms with Gasteiger partial charge < -0.3 is 10.1 Å². The number of hydrogen-bond donors (Lipinski definition) is 1. The van der Waals surface area contributed by atoms with Crippen LogP contribution in [0.15, 0.2) is 54.6 Å². The summed E-state index contributed by atoms with van der Waals surface area (Å²) in [4.78, 5) is 0. The Labute approximate surface area is 115 Å². The fraction of sp³-hybridized carbons (Fsp3) is 0.294. The maximum atomic E-state index is 5.79. The van der Waals surface area contributed by atoms with Gasteiger partial charge in [0.25, 0.3) is 0 Å². The fourth-order valence-corrected chi connectivity index (χ4v) is 1.96. The molecule has 19 heavy (non-hydrogen) atoms. The van der Waals surface area contributed by atoms with Crippen molar-refractivity contribution in [2.24, 2.45) is 0 Å². The Morgan fingerprint density at radius 1 is 0.947 bits per heavy atom. The molecule has 0 heterocycles. The van der Waals surface area contributed by atoms with Crippen molar-refractivity contribution in [3.8, 4) is 5.75 Å². The van der Waals surface area contributed by atoms with Crippen LogP contribution in [0.1, 0.15) is 19.4 Å². The van der Waals surface area contributed by atoms with Crippen LogP contribution in [0.4, 0.5) is 5.69 Å². The van der Waals surface area contributed by atoms with E-state index in [0.29, 0.717) is 0 Å². The van der Waals surface area contributed by atoms with Gasteiger partial charge in [0.05, 0.1) is 11.8 Å². The largest absolute Gasteiger partial charge is 0.489 e. The molecule has 2 nitrogen and oxygen atoms in total. The molecule has 2 rings (SSSR count). The molecule has 0 bridgehead atoms. The molecule has 0 atom stereocenters. The summed E-state index contributed by atoms with van der Waals surface area (Å²) in [6.07, 6.45) is 1.20. The monoisotopic (exact) mass is 255 g/mol. The lowest BCUT2D eigenvalue weighted by Crippen LogP contribution is -2.10. The minimum Gasteiger partial charge on any atom is -0.489 e. The van der Waals surface area contributed by atoms with E-state index in [1.54, 1.807) is 0 Å². The van der Waals surface area contributed by atoms with E-state index in [-0.39, 0.29) is 6.10 Å².